The molecule has 4 aromatic heterocycles. The van der Waals surface area contributed by atoms with Crippen molar-refractivity contribution >= 4 is 40.5 Å². The fourth-order valence-corrected chi connectivity index (χ4v) is 7.59. The molecule has 0 spiro atoms. The van der Waals surface area contributed by atoms with E-state index in [4.69, 9.17) is 0 Å². The molecule has 0 radical (unpaired) electrons. The van der Waals surface area contributed by atoms with Crippen LogP contribution in [-0.4, -0.2) is 47.7 Å². The average molecular weight is 601 g/mol. The summed E-state index contributed by atoms with van der Waals surface area (Å²) in [6.45, 7) is 3.34. The van der Waals surface area contributed by atoms with Gasteiger partial charge in [-0.2, -0.15) is 5.10 Å². The number of anilines is 3. The third-order valence-corrected chi connectivity index (χ3v) is 9.82. The van der Waals surface area contributed by atoms with Crippen molar-refractivity contribution in [2.45, 2.75) is 58.8 Å². The van der Waals surface area contributed by atoms with Crippen LogP contribution in [0.1, 0.15) is 56.7 Å². The monoisotopic (exact) mass is 600 g/mol. The van der Waals surface area contributed by atoms with Crippen molar-refractivity contribution < 1.29 is 14.7 Å². The number of amides is 2. The Labute approximate surface area is 251 Å². The summed E-state index contributed by atoms with van der Waals surface area (Å²) >= 11 is 1.60. The van der Waals surface area contributed by atoms with Gasteiger partial charge >= 0.3 is 0 Å². The second kappa shape index (κ2) is 10.7. The number of hydrazine groups is 1. The maximum absolute atomic E-state index is 13.2. The maximum Gasteiger partial charge on any atom is 0.280 e. The number of aromatic nitrogens is 4. The molecular weight excluding hydrogens is 568 g/mol. The van der Waals surface area contributed by atoms with Crippen molar-refractivity contribution in [2.75, 3.05) is 16.9 Å². The van der Waals surface area contributed by atoms with Crippen molar-refractivity contribution in [1.29, 1.82) is 0 Å². The maximum atomic E-state index is 13.2. The van der Waals surface area contributed by atoms with Gasteiger partial charge in [0.1, 0.15) is 5.69 Å². The molecule has 222 valence electrons. The molecule has 0 atom stereocenters. The van der Waals surface area contributed by atoms with Crippen molar-refractivity contribution in [3.63, 3.8) is 0 Å². The molecule has 1 aliphatic carbocycles. The van der Waals surface area contributed by atoms with Crippen molar-refractivity contribution in [1.82, 2.24) is 29.7 Å². The fourth-order valence-electron chi connectivity index (χ4n) is 6.30. The highest BCUT2D eigenvalue weighted by Crippen LogP contribution is 2.39. The molecule has 12 nitrogen and oxygen atoms in total. The van der Waals surface area contributed by atoms with Gasteiger partial charge in [0.2, 0.25) is 5.91 Å². The number of fused-ring (bicyclic) bond motifs is 4. The summed E-state index contributed by atoms with van der Waals surface area (Å²) in [5, 5.41) is 20.1. The molecule has 3 N–H and O–H groups in total. The largest absolute Gasteiger partial charge is 0.392 e. The van der Waals surface area contributed by atoms with Crippen molar-refractivity contribution in [3.05, 3.63) is 73.1 Å². The molecule has 0 unspecified atom stereocenters. The van der Waals surface area contributed by atoms with Crippen LogP contribution in [0.25, 0.3) is 11.1 Å². The average Bonchev–Trinajstić information content (AvgIpc) is 3.59. The van der Waals surface area contributed by atoms with Gasteiger partial charge in [0.05, 0.1) is 36.8 Å². The van der Waals surface area contributed by atoms with E-state index in [1.54, 1.807) is 59.7 Å². The second-order valence-electron chi connectivity index (χ2n) is 11.2. The van der Waals surface area contributed by atoms with E-state index in [9.17, 15) is 19.5 Å². The first-order valence-corrected chi connectivity index (χ1v) is 15.2. The molecule has 43 heavy (non-hydrogen) atoms. The van der Waals surface area contributed by atoms with Crippen LogP contribution in [0, 0.1) is 0 Å². The van der Waals surface area contributed by atoms with Gasteiger partial charge in [-0.1, -0.05) is 0 Å². The molecule has 0 saturated heterocycles. The number of aliphatic hydroxyl groups excluding tert-OH is 1. The van der Waals surface area contributed by atoms with Gasteiger partial charge in [-0.3, -0.25) is 29.5 Å². The van der Waals surface area contributed by atoms with E-state index in [0.717, 1.165) is 41.8 Å². The highest BCUT2D eigenvalue weighted by molar-refractivity contribution is 7.14. The summed E-state index contributed by atoms with van der Waals surface area (Å²) in [5.41, 5.74) is 8.23. The zero-order valence-corrected chi connectivity index (χ0v) is 24.8. The van der Waals surface area contributed by atoms with E-state index in [1.165, 1.54) is 15.0 Å². The van der Waals surface area contributed by atoms with E-state index in [1.807, 2.05) is 10.7 Å². The summed E-state index contributed by atoms with van der Waals surface area (Å²) in [4.78, 5) is 46.6. The topological polar surface area (TPSA) is 138 Å². The summed E-state index contributed by atoms with van der Waals surface area (Å²) in [7, 11) is 1.67. The van der Waals surface area contributed by atoms with Gasteiger partial charge in [-0.25, -0.2) is 4.98 Å². The number of nitrogens with zero attached hydrogens (tertiary/aromatic N) is 6. The number of pyridine rings is 2. The van der Waals surface area contributed by atoms with Crippen molar-refractivity contribution in [2.24, 2.45) is 7.05 Å². The summed E-state index contributed by atoms with van der Waals surface area (Å²) in [6, 6.07) is 5.39. The Morgan fingerprint density at radius 3 is 2.79 bits per heavy atom. The second-order valence-corrected chi connectivity index (χ2v) is 12.3. The molecule has 4 aromatic rings. The van der Waals surface area contributed by atoms with Crippen molar-refractivity contribution in [3.8, 4) is 11.1 Å². The first kappa shape index (κ1) is 27.3. The lowest BCUT2D eigenvalue weighted by molar-refractivity contribution is -0.130. The predicted molar refractivity (Wildman–Crippen MR) is 162 cm³/mol. The Morgan fingerprint density at radius 2 is 1.98 bits per heavy atom. The molecule has 7 rings (SSSR count). The highest BCUT2D eigenvalue weighted by Gasteiger charge is 2.32. The van der Waals surface area contributed by atoms with E-state index in [2.05, 4.69) is 20.8 Å². The number of carbonyl (C=O) groups is 2. The predicted octanol–water partition coefficient (Wildman–Crippen LogP) is 2.85. The molecule has 6 heterocycles. The van der Waals surface area contributed by atoms with Crippen LogP contribution >= 0.6 is 11.3 Å². The van der Waals surface area contributed by atoms with Gasteiger partial charge < -0.3 is 19.9 Å². The Balaban J connectivity index is 1.22. The van der Waals surface area contributed by atoms with Gasteiger partial charge in [-0.15, -0.1) is 11.3 Å². The van der Waals surface area contributed by atoms with Crippen LogP contribution in [0.3, 0.4) is 0 Å². The van der Waals surface area contributed by atoms with Crippen LogP contribution in [-0.2, 0) is 50.9 Å². The zero-order chi connectivity index (χ0) is 29.8. The number of nitrogens with one attached hydrogen (secondary N) is 2. The summed E-state index contributed by atoms with van der Waals surface area (Å²) < 4.78 is 3.33. The fraction of sp³-hybridized carbons (Fsp3) is 0.367. The molecule has 0 saturated carbocycles. The van der Waals surface area contributed by atoms with E-state index < -0.39 is 0 Å². The molecular formula is C30H32N8O4S. The normalized spacial score (nSPS) is 15.9. The third-order valence-electron chi connectivity index (χ3n) is 8.49. The molecule has 2 amide bonds. The van der Waals surface area contributed by atoms with E-state index in [-0.39, 0.29) is 24.0 Å². The first-order valence-electron chi connectivity index (χ1n) is 14.4. The van der Waals surface area contributed by atoms with E-state index in [0.29, 0.717) is 60.2 Å². The third kappa shape index (κ3) is 4.78. The van der Waals surface area contributed by atoms with Crippen LogP contribution in [0.4, 0.5) is 17.3 Å². The summed E-state index contributed by atoms with van der Waals surface area (Å²) in [5.74, 6) is 0.840. The van der Waals surface area contributed by atoms with Gasteiger partial charge in [0.15, 0.2) is 11.6 Å². The Morgan fingerprint density at radius 1 is 1.14 bits per heavy atom. The molecule has 13 heteroatoms. The van der Waals surface area contributed by atoms with Crippen LogP contribution in [0.15, 0.2) is 35.4 Å². The number of carbonyl (C=O) groups excluding carboxylic acids is 2. The number of rotatable bonds is 5. The van der Waals surface area contributed by atoms with Gasteiger partial charge in [0.25, 0.3) is 11.5 Å². The Hall–Kier alpha value is -4.49. The SMILES string of the molecule is CC(=O)N1CCn2nc(Nc3cc(-c4ccnc(N5Cc6c(sc7c6CCCC7)C(=O)N5)c4CO)cn(C)c3=O)cc2C1. The molecule has 2 aliphatic heterocycles. The van der Waals surface area contributed by atoms with E-state index >= 15 is 0 Å². The van der Waals surface area contributed by atoms with Gasteiger partial charge in [0, 0.05) is 60.5 Å². The molecule has 0 aromatic carbocycles. The van der Waals surface area contributed by atoms with Crippen LogP contribution < -0.4 is 21.3 Å². The first-order chi connectivity index (χ1) is 20.8. The number of aliphatic hydroxyl groups is 1. The number of hydrogen-bond acceptors (Lipinski definition) is 9. The minimum Gasteiger partial charge on any atom is -0.392 e. The lowest BCUT2D eigenvalue weighted by atomic mass is 9.94. The number of hydrogen-bond donors (Lipinski definition) is 3. The zero-order valence-electron chi connectivity index (χ0n) is 24.0. The minimum absolute atomic E-state index is 0.0131. The lowest BCUT2D eigenvalue weighted by Gasteiger charge is -2.31. The smallest absolute Gasteiger partial charge is 0.280 e. The Bertz CT molecular complexity index is 1840. The molecule has 3 aliphatic rings. The van der Waals surface area contributed by atoms with Gasteiger partial charge in [-0.05, 0) is 48.9 Å². The van der Waals surface area contributed by atoms with Crippen LogP contribution in [0.2, 0.25) is 0 Å². The van der Waals surface area contributed by atoms with Crippen LogP contribution in [0.5, 0.6) is 0 Å². The molecule has 0 fully saturated rings. The highest BCUT2D eigenvalue weighted by atomic mass is 32.1. The number of thiophene rings is 1. The standard InChI is InChI=1S/C30H32N8O4S/c1-17(40)36-9-10-37-19(14-36)12-26(33-37)32-24-11-18(13-35(2)30(24)42)20-7-8-31-28(23(20)16-39)38-15-22-21-5-3-4-6-25(21)43-27(22)29(41)34-38/h7-8,11-13,39H,3-6,9-10,14-16H2,1-2H3,(H,32,33)(H,34,41). The Kier molecular flexibility index (Phi) is 6.78. The quantitative estimate of drug-likeness (QED) is 0.318. The summed E-state index contributed by atoms with van der Waals surface area (Å²) in [6.07, 6.45) is 7.62. The minimum atomic E-state index is -0.314. The molecule has 0 bridgehead atoms. The lowest BCUT2D eigenvalue weighted by Crippen LogP contribution is -2.46. The number of aryl methyl sites for hydroxylation is 2.